The van der Waals surface area contributed by atoms with Crippen LogP contribution in [0, 0.1) is 0 Å². The number of methoxy groups -OCH3 is 1. The number of ether oxygens (including phenoxy) is 1. The van der Waals surface area contributed by atoms with Crippen LogP contribution in [0.25, 0.3) is 27.6 Å². The number of aromatic nitrogens is 3. The molecule has 2 heterocycles. The van der Waals surface area contributed by atoms with Gasteiger partial charge in [-0.05, 0) is 54.3 Å². The number of fused-ring (bicyclic) bond motifs is 1. The van der Waals surface area contributed by atoms with Gasteiger partial charge in [0.25, 0.3) is 5.56 Å². The van der Waals surface area contributed by atoms with Crippen LogP contribution in [-0.4, -0.2) is 21.6 Å². The van der Waals surface area contributed by atoms with E-state index in [0.29, 0.717) is 22.0 Å². The van der Waals surface area contributed by atoms with E-state index in [1.54, 1.807) is 23.9 Å². The van der Waals surface area contributed by atoms with Crippen LogP contribution < -0.4 is 21.3 Å². The number of nitrogen functional groups attached to an aromatic ring is 1. The zero-order valence-corrected chi connectivity index (χ0v) is 20.5. The van der Waals surface area contributed by atoms with Crippen molar-refractivity contribution >= 4 is 34.1 Å². The fourth-order valence-corrected chi connectivity index (χ4v) is 4.55. The second-order valence-electron chi connectivity index (χ2n) is 8.34. The average Bonchev–Trinajstić information content (AvgIpc) is 2.89. The first-order valence-corrected chi connectivity index (χ1v) is 11.8. The third-order valence-electron chi connectivity index (χ3n) is 6.02. The summed E-state index contributed by atoms with van der Waals surface area (Å²) in [6.45, 7) is 1.97. The van der Waals surface area contributed by atoms with Gasteiger partial charge in [-0.2, -0.15) is 4.98 Å². The van der Waals surface area contributed by atoms with Crippen LogP contribution in [0.4, 0.5) is 11.8 Å². The van der Waals surface area contributed by atoms with Gasteiger partial charge in [0.05, 0.1) is 23.6 Å². The van der Waals surface area contributed by atoms with Gasteiger partial charge >= 0.3 is 0 Å². The van der Waals surface area contributed by atoms with E-state index < -0.39 is 0 Å². The number of para-hydroxylation sites is 1. The Bertz CT molecular complexity index is 1620. The molecule has 0 saturated heterocycles. The van der Waals surface area contributed by atoms with E-state index in [-0.39, 0.29) is 17.5 Å². The van der Waals surface area contributed by atoms with Crippen LogP contribution >= 0.6 is 11.6 Å². The van der Waals surface area contributed by atoms with Crippen molar-refractivity contribution < 1.29 is 4.74 Å². The van der Waals surface area contributed by atoms with Crippen molar-refractivity contribution in [2.24, 2.45) is 0 Å². The molecule has 0 spiro atoms. The van der Waals surface area contributed by atoms with Crippen LogP contribution in [0.2, 0.25) is 5.02 Å². The van der Waals surface area contributed by atoms with Crippen LogP contribution in [0.1, 0.15) is 18.7 Å². The maximum atomic E-state index is 13.7. The summed E-state index contributed by atoms with van der Waals surface area (Å²) in [5.74, 6) is 1.40. The van der Waals surface area contributed by atoms with E-state index in [4.69, 9.17) is 22.1 Å². The predicted octanol–water partition coefficient (Wildman–Crippen LogP) is 5.87. The third-order valence-corrected chi connectivity index (χ3v) is 6.34. The highest BCUT2D eigenvalue weighted by molar-refractivity contribution is 6.35. The maximum Gasteiger partial charge on any atom is 0.264 e. The third kappa shape index (κ3) is 4.36. The van der Waals surface area contributed by atoms with E-state index in [2.05, 4.69) is 15.3 Å². The predicted molar refractivity (Wildman–Crippen MR) is 145 cm³/mol. The largest absolute Gasteiger partial charge is 0.497 e. The highest BCUT2D eigenvalue weighted by Crippen LogP contribution is 2.32. The first-order valence-electron chi connectivity index (χ1n) is 11.4. The summed E-state index contributed by atoms with van der Waals surface area (Å²) >= 11 is 6.44. The topological polar surface area (TPSA) is 95.1 Å². The second-order valence-corrected chi connectivity index (χ2v) is 8.75. The molecule has 0 saturated carbocycles. The molecule has 8 heteroatoms. The summed E-state index contributed by atoms with van der Waals surface area (Å²) in [5, 5.41) is 5.11. The molecule has 36 heavy (non-hydrogen) atoms. The molecule has 3 aromatic carbocycles. The molecule has 7 nitrogen and oxygen atoms in total. The van der Waals surface area contributed by atoms with Crippen molar-refractivity contribution in [2.75, 3.05) is 18.2 Å². The lowest BCUT2D eigenvalue weighted by atomic mass is 10.1. The van der Waals surface area contributed by atoms with Crippen molar-refractivity contribution in [2.45, 2.75) is 13.0 Å². The second kappa shape index (κ2) is 9.71. The Morgan fingerprint density at radius 2 is 1.81 bits per heavy atom. The Balaban J connectivity index is 1.66. The zero-order valence-electron chi connectivity index (χ0n) is 19.8. The summed E-state index contributed by atoms with van der Waals surface area (Å²) < 4.78 is 7.07. The SMILES string of the molecule is COc1cccc(-c2cnc(N)nc2N[C@@H](C)c2cc3cccc(Cl)c3c(=O)n2-c2ccccc2)c1. The Kier molecular flexibility index (Phi) is 6.31. The fourth-order valence-electron chi connectivity index (χ4n) is 4.29. The fraction of sp³-hybridized carbons (Fsp3) is 0.107. The van der Waals surface area contributed by atoms with Crippen molar-refractivity contribution in [3.63, 3.8) is 0 Å². The molecule has 0 aliphatic carbocycles. The highest BCUT2D eigenvalue weighted by Gasteiger charge is 2.20. The van der Waals surface area contributed by atoms with Crippen LogP contribution in [0.3, 0.4) is 0 Å². The standard InChI is InChI=1S/C28H24ClN5O2/c1-17(32-26-22(16-31-28(30)33-26)18-8-6-12-21(14-18)36-2)24-15-19-9-7-13-23(29)25(19)27(35)34(24)20-10-4-3-5-11-20/h3-17H,1-2H3,(H3,30,31,32,33)/t17-/m0/s1. The molecule has 0 radical (unpaired) electrons. The molecule has 0 amide bonds. The molecule has 3 N–H and O–H groups in total. The summed E-state index contributed by atoms with van der Waals surface area (Å²) in [5.41, 5.74) is 8.88. The summed E-state index contributed by atoms with van der Waals surface area (Å²) in [6.07, 6.45) is 1.68. The van der Waals surface area contributed by atoms with E-state index in [0.717, 1.165) is 27.9 Å². The van der Waals surface area contributed by atoms with Gasteiger partial charge in [-0.3, -0.25) is 9.36 Å². The molecule has 5 aromatic rings. The van der Waals surface area contributed by atoms with Gasteiger partial charge in [-0.1, -0.05) is 54.1 Å². The molecule has 0 bridgehead atoms. The van der Waals surface area contributed by atoms with Crippen LogP contribution in [0.5, 0.6) is 5.75 Å². The molecule has 0 unspecified atom stereocenters. The number of rotatable bonds is 6. The van der Waals surface area contributed by atoms with E-state index in [9.17, 15) is 4.79 Å². The van der Waals surface area contributed by atoms with Gasteiger partial charge in [-0.15, -0.1) is 0 Å². The zero-order chi connectivity index (χ0) is 25.2. The van der Waals surface area contributed by atoms with Crippen LogP contribution in [0.15, 0.2) is 89.9 Å². The Labute approximate surface area is 213 Å². The molecule has 2 aromatic heterocycles. The van der Waals surface area contributed by atoms with E-state index in [1.165, 1.54) is 0 Å². The quantitative estimate of drug-likeness (QED) is 0.305. The van der Waals surface area contributed by atoms with Gasteiger partial charge in [0.2, 0.25) is 5.95 Å². The van der Waals surface area contributed by atoms with Crippen LogP contribution in [-0.2, 0) is 0 Å². The van der Waals surface area contributed by atoms with Gasteiger partial charge < -0.3 is 15.8 Å². The van der Waals surface area contributed by atoms with Gasteiger partial charge in [0.1, 0.15) is 11.6 Å². The molecule has 1 atom stereocenters. The van der Waals surface area contributed by atoms with E-state index in [1.807, 2.05) is 79.7 Å². The summed E-state index contributed by atoms with van der Waals surface area (Å²) in [7, 11) is 1.62. The van der Waals surface area contributed by atoms with Gasteiger partial charge in [0.15, 0.2) is 0 Å². The number of hydrogen-bond donors (Lipinski definition) is 2. The number of nitrogens with two attached hydrogens (primary N) is 1. The lowest BCUT2D eigenvalue weighted by molar-refractivity contribution is 0.415. The molecular formula is C28H24ClN5O2. The Hall–Kier alpha value is -4.36. The minimum atomic E-state index is -0.333. The Morgan fingerprint density at radius 1 is 1.03 bits per heavy atom. The smallest absolute Gasteiger partial charge is 0.264 e. The molecular weight excluding hydrogens is 474 g/mol. The molecule has 0 aliphatic heterocycles. The number of pyridine rings is 1. The highest BCUT2D eigenvalue weighted by atomic mass is 35.5. The summed E-state index contributed by atoms with van der Waals surface area (Å²) in [6, 6.07) is 24.2. The molecule has 0 fully saturated rings. The number of benzene rings is 3. The van der Waals surface area contributed by atoms with Gasteiger partial charge in [0, 0.05) is 23.1 Å². The van der Waals surface area contributed by atoms with Crippen molar-refractivity contribution in [3.8, 4) is 22.6 Å². The van der Waals surface area contributed by atoms with Crippen molar-refractivity contribution in [1.82, 2.24) is 14.5 Å². The molecule has 0 aliphatic rings. The lowest BCUT2D eigenvalue weighted by Gasteiger charge is -2.23. The molecule has 180 valence electrons. The first kappa shape index (κ1) is 23.4. The monoisotopic (exact) mass is 497 g/mol. The summed E-state index contributed by atoms with van der Waals surface area (Å²) in [4.78, 5) is 22.4. The molecule has 5 rings (SSSR count). The number of anilines is 2. The number of halogens is 1. The Morgan fingerprint density at radius 3 is 2.58 bits per heavy atom. The minimum absolute atomic E-state index is 0.141. The number of nitrogens with zero attached hydrogens (tertiary/aromatic N) is 3. The number of hydrogen-bond acceptors (Lipinski definition) is 6. The van der Waals surface area contributed by atoms with E-state index >= 15 is 0 Å². The minimum Gasteiger partial charge on any atom is -0.497 e. The average molecular weight is 498 g/mol. The lowest BCUT2D eigenvalue weighted by Crippen LogP contribution is -2.26. The normalized spacial score (nSPS) is 11.9. The van der Waals surface area contributed by atoms with Crippen molar-refractivity contribution in [3.05, 3.63) is 106 Å². The van der Waals surface area contributed by atoms with Gasteiger partial charge in [-0.25, -0.2) is 4.98 Å². The first-order chi connectivity index (χ1) is 17.5. The maximum absolute atomic E-state index is 13.7. The number of nitrogens with one attached hydrogen (secondary N) is 1. The van der Waals surface area contributed by atoms with Crippen molar-refractivity contribution in [1.29, 1.82) is 0 Å².